The van der Waals surface area contributed by atoms with E-state index in [4.69, 9.17) is 0 Å². The molecule has 0 aromatic carbocycles. The summed E-state index contributed by atoms with van der Waals surface area (Å²) in [6.45, 7) is 0. The minimum absolute atomic E-state index is 0.715. The average molecular weight is 357 g/mol. The Labute approximate surface area is 125 Å². The molecule has 0 amide bonds. The second kappa shape index (κ2) is 5.18. The molecule has 132 valence electrons. The molecule has 1 saturated heterocycles. The van der Waals surface area contributed by atoms with Crippen molar-refractivity contribution in [3.05, 3.63) is 60.7 Å². The van der Waals surface area contributed by atoms with E-state index < -0.39 is 47.3 Å². The Bertz CT molecular complexity index is 524. The van der Waals surface area contributed by atoms with Gasteiger partial charge in [-0.1, -0.05) is 0 Å². The van der Waals surface area contributed by atoms with Crippen LogP contribution in [0, 0.1) is 60.7 Å². The average Bonchev–Trinajstić information content (AvgIpc) is 2.44. The summed E-state index contributed by atoms with van der Waals surface area (Å²) in [5.74, 6) is -13.2. The third-order valence-corrected chi connectivity index (χ3v) is 2.63. The maximum Gasteiger partial charge on any atom is 0.614 e. The number of hydrogen-bond acceptors (Lipinski definition) is 15. The highest BCUT2D eigenvalue weighted by Gasteiger charge is 2.89. The zero-order valence-corrected chi connectivity index (χ0v) is 10.6. The summed E-state index contributed by atoms with van der Waals surface area (Å²) in [5.41, 5.74) is 0. The second-order valence-electron chi connectivity index (χ2n) is 3.93. The highest BCUT2D eigenvalue weighted by molar-refractivity contribution is 4.83. The fraction of sp³-hybridized carbons (Fsp3) is 1.00. The van der Waals surface area contributed by atoms with Crippen LogP contribution in [-0.2, 0) is 0 Å². The molecule has 0 aromatic heterocycles. The van der Waals surface area contributed by atoms with Crippen LogP contribution in [0.4, 0.5) is 0 Å². The Balaban J connectivity index is 3.88. The lowest BCUT2D eigenvalue weighted by Crippen LogP contribution is -2.94. The van der Waals surface area contributed by atoms with Gasteiger partial charge in [-0.2, -0.15) is 0 Å². The van der Waals surface area contributed by atoms with Crippen LogP contribution in [0.3, 0.4) is 0 Å². The molecule has 0 saturated carbocycles. The molecule has 0 bridgehead atoms. The zero-order valence-electron chi connectivity index (χ0n) is 10.6. The van der Waals surface area contributed by atoms with Crippen LogP contribution < -0.4 is 16.0 Å². The van der Waals surface area contributed by atoms with Crippen molar-refractivity contribution in [2.24, 2.45) is 0 Å². The normalized spacial score (nSPS) is 20.5. The van der Waals surface area contributed by atoms with E-state index in [2.05, 4.69) is 0 Å². The standard InChI is InChI=1S/C3H3N9O12/c13-7(14)1(8(15)16)4-2(9(17)18,10(19)20)6-3(5-1,11(21)22)12(23)24/h4-6H. The van der Waals surface area contributed by atoms with Gasteiger partial charge >= 0.3 is 17.7 Å². The third-order valence-electron chi connectivity index (χ3n) is 2.63. The van der Waals surface area contributed by atoms with Gasteiger partial charge in [-0.3, -0.25) is 60.7 Å². The molecular weight excluding hydrogens is 354 g/mol. The van der Waals surface area contributed by atoms with Gasteiger partial charge in [0.2, 0.25) is 0 Å². The number of nitrogens with zero attached hydrogens (tertiary/aromatic N) is 6. The molecule has 21 heteroatoms. The highest BCUT2D eigenvalue weighted by Crippen LogP contribution is 2.24. The van der Waals surface area contributed by atoms with E-state index in [1.165, 1.54) is 0 Å². The lowest BCUT2D eigenvalue weighted by Gasteiger charge is -2.30. The van der Waals surface area contributed by atoms with Crippen molar-refractivity contribution >= 4 is 0 Å². The smallest absolute Gasteiger partial charge is 0.256 e. The van der Waals surface area contributed by atoms with Gasteiger partial charge in [0.25, 0.3) is 0 Å². The van der Waals surface area contributed by atoms with Gasteiger partial charge < -0.3 is 0 Å². The van der Waals surface area contributed by atoms with E-state index in [1.807, 2.05) is 0 Å². The largest absolute Gasteiger partial charge is 0.614 e. The highest BCUT2D eigenvalue weighted by atomic mass is 16.7. The first-order valence-electron chi connectivity index (χ1n) is 5.03. The monoisotopic (exact) mass is 357 g/mol. The SMILES string of the molecule is O=[N+]([O-])C1([N+](=O)[O-])NC([N+](=O)[O-])([N+](=O)[O-])NC([N+](=O)[O-])([N+](=O)[O-])N1. The first-order chi connectivity index (χ1) is 10.8. The summed E-state index contributed by atoms with van der Waals surface area (Å²) in [6, 6.07) is 0. The van der Waals surface area contributed by atoms with Crippen LogP contribution >= 0.6 is 0 Å². The summed E-state index contributed by atoms with van der Waals surface area (Å²) in [7, 11) is 0. The van der Waals surface area contributed by atoms with Gasteiger partial charge in [-0.15, -0.1) is 0 Å². The molecule has 1 aliphatic rings. The van der Waals surface area contributed by atoms with Crippen molar-refractivity contribution < 1.29 is 29.5 Å². The fourth-order valence-corrected chi connectivity index (χ4v) is 1.57. The summed E-state index contributed by atoms with van der Waals surface area (Å²) in [6.07, 6.45) is 0. The van der Waals surface area contributed by atoms with Crippen LogP contribution in [0.2, 0.25) is 0 Å². The molecule has 1 rings (SSSR count). The van der Waals surface area contributed by atoms with Crippen LogP contribution in [0.15, 0.2) is 0 Å². The molecule has 0 radical (unpaired) electrons. The lowest BCUT2D eigenvalue weighted by molar-refractivity contribution is -0.929. The van der Waals surface area contributed by atoms with Crippen molar-refractivity contribution in [3.8, 4) is 0 Å². The van der Waals surface area contributed by atoms with E-state index in [9.17, 15) is 60.7 Å². The van der Waals surface area contributed by atoms with Crippen molar-refractivity contribution in [2.45, 2.75) is 17.7 Å². The molecule has 0 unspecified atom stereocenters. The zero-order chi connectivity index (χ0) is 19.1. The van der Waals surface area contributed by atoms with E-state index in [0.29, 0.717) is 16.0 Å². The summed E-state index contributed by atoms with van der Waals surface area (Å²) < 4.78 is 0. The minimum Gasteiger partial charge on any atom is -0.256 e. The fourth-order valence-electron chi connectivity index (χ4n) is 1.57. The van der Waals surface area contributed by atoms with E-state index in [0.717, 1.165) is 0 Å². The topological polar surface area (TPSA) is 295 Å². The molecule has 1 aliphatic heterocycles. The van der Waals surface area contributed by atoms with E-state index >= 15 is 0 Å². The Kier molecular flexibility index (Phi) is 3.95. The Morgan fingerprint density at radius 3 is 0.625 bits per heavy atom. The van der Waals surface area contributed by atoms with Gasteiger partial charge in [0, 0.05) is 0 Å². The van der Waals surface area contributed by atoms with Crippen molar-refractivity contribution in [1.82, 2.24) is 16.0 Å². The first-order valence-corrected chi connectivity index (χ1v) is 5.03. The molecule has 1 fully saturated rings. The predicted octanol–water partition coefficient (Wildman–Crippen LogP) is -3.74. The number of nitrogens with one attached hydrogen (secondary N) is 3. The molecule has 1 heterocycles. The van der Waals surface area contributed by atoms with E-state index in [-0.39, 0.29) is 0 Å². The summed E-state index contributed by atoms with van der Waals surface area (Å²) in [4.78, 5) is 52.9. The van der Waals surface area contributed by atoms with Crippen LogP contribution in [0.25, 0.3) is 0 Å². The number of hydrogen-bond donors (Lipinski definition) is 3. The molecule has 24 heavy (non-hydrogen) atoms. The van der Waals surface area contributed by atoms with Crippen LogP contribution in [0.1, 0.15) is 0 Å². The summed E-state index contributed by atoms with van der Waals surface area (Å²) in [5, 5.41) is 67.6. The van der Waals surface area contributed by atoms with Crippen molar-refractivity contribution in [3.63, 3.8) is 0 Å². The van der Waals surface area contributed by atoms with Crippen LogP contribution in [0.5, 0.6) is 0 Å². The van der Waals surface area contributed by atoms with Crippen molar-refractivity contribution in [2.75, 3.05) is 0 Å². The predicted molar refractivity (Wildman–Crippen MR) is 59.6 cm³/mol. The van der Waals surface area contributed by atoms with Crippen LogP contribution in [-0.4, -0.2) is 47.3 Å². The third kappa shape index (κ3) is 2.16. The summed E-state index contributed by atoms with van der Waals surface area (Å²) >= 11 is 0. The maximum atomic E-state index is 10.9. The molecule has 0 aliphatic carbocycles. The first kappa shape index (κ1) is 18.3. The van der Waals surface area contributed by atoms with Gasteiger partial charge in [-0.05, 0) is 16.0 Å². The Morgan fingerprint density at radius 1 is 0.417 bits per heavy atom. The van der Waals surface area contributed by atoms with E-state index in [1.54, 1.807) is 0 Å². The quantitative estimate of drug-likeness (QED) is 0.233. The van der Waals surface area contributed by atoms with Gasteiger partial charge in [0.05, 0.1) is 0 Å². The molecule has 0 atom stereocenters. The maximum absolute atomic E-state index is 10.9. The molecule has 3 N–H and O–H groups in total. The van der Waals surface area contributed by atoms with Gasteiger partial charge in [0.15, 0.2) is 0 Å². The molecular formula is C3H3N9O12. The number of rotatable bonds is 6. The minimum atomic E-state index is -4.41. The van der Waals surface area contributed by atoms with Gasteiger partial charge in [0.1, 0.15) is 29.5 Å². The molecule has 21 nitrogen and oxygen atoms in total. The second-order valence-corrected chi connectivity index (χ2v) is 3.93. The molecule has 0 spiro atoms. The van der Waals surface area contributed by atoms with Crippen molar-refractivity contribution in [1.29, 1.82) is 0 Å². The number of nitro groups is 6. The lowest BCUT2D eigenvalue weighted by atomic mass is 10.3. The Hall–Kier alpha value is -3.72. The molecule has 0 aromatic rings. The Morgan fingerprint density at radius 2 is 0.542 bits per heavy atom. The van der Waals surface area contributed by atoms with Gasteiger partial charge in [-0.25, -0.2) is 0 Å².